The van der Waals surface area contributed by atoms with Gasteiger partial charge < -0.3 is 5.32 Å². The van der Waals surface area contributed by atoms with E-state index in [1.807, 2.05) is 13.8 Å². The summed E-state index contributed by atoms with van der Waals surface area (Å²) in [5, 5.41) is 3.52. The van der Waals surface area contributed by atoms with E-state index in [4.69, 9.17) is 0 Å². The van der Waals surface area contributed by atoms with Crippen LogP contribution in [0.3, 0.4) is 0 Å². The highest BCUT2D eigenvalue weighted by Crippen LogP contribution is 2.30. The number of nitrogens with zero attached hydrogens (tertiary/aromatic N) is 2. The molecule has 2 aromatic rings. The molecule has 136 valence electrons. The fraction of sp³-hybridized carbons (Fsp3) is 0.529. The lowest BCUT2D eigenvalue weighted by Gasteiger charge is -2.30. The molecule has 1 fully saturated rings. The van der Waals surface area contributed by atoms with Gasteiger partial charge in [-0.05, 0) is 50.8 Å². The first-order valence-electron chi connectivity index (χ1n) is 8.46. The third kappa shape index (κ3) is 3.86. The first-order chi connectivity index (χ1) is 11.8. The van der Waals surface area contributed by atoms with Gasteiger partial charge in [-0.2, -0.15) is 0 Å². The predicted molar refractivity (Wildman–Crippen MR) is 101 cm³/mol. The molecule has 0 saturated carbocycles. The van der Waals surface area contributed by atoms with Crippen LogP contribution in [0.2, 0.25) is 0 Å². The number of hydrogen-bond donors (Lipinski definition) is 1. The molecule has 2 heterocycles. The van der Waals surface area contributed by atoms with E-state index in [-0.39, 0.29) is 17.6 Å². The molecule has 1 aromatic carbocycles. The van der Waals surface area contributed by atoms with Crippen molar-refractivity contribution in [1.82, 2.24) is 9.29 Å². The molecule has 1 aliphatic rings. The van der Waals surface area contributed by atoms with E-state index in [0.717, 1.165) is 15.8 Å². The monoisotopic (exact) mass is 381 g/mol. The standard InChI is InChI=1S/C17H23N3O3S2/c1-4-25(22,23)20-7-5-13(6-8-20)16(21)19-17-18-15-12(3)9-11(2)10-14(15)24-17/h9-10,13H,4-8H2,1-3H3,(H,18,19,21). The van der Waals surface area contributed by atoms with Gasteiger partial charge in [0, 0.05) is 19.0 Å². The van der Waals surface area contributed by atoms with Crippen molar-refractivity contribution in [2.24, 2.45) is 5.92 Å². The fourth-order valence-corrected chi connectivity index (χ4v) is 5.39. The SMILES string of the molecule is CCS(=O)(=O)N1CCC(C(=O)Nc2nc3c(C)cc(C)cc3s2)CC1. The van der Waals surface area contributed by atoms with Crippen LogP contribution in [0.15, 0.2) is 12.1 Å². The molecular weight excluding hydrogens is 358 g/mol. The van der Waals surface area contributed by atoms with E-state index in [1.165, 1.54) is 21.2 Å². The average molecular weight is 382 g/mol. The number of benzene rings is 1. The Kier molecular flexibility index (Phi) is 5.13. The summed E-state index contributed by atoms with van der Waals surface area (Å²) in [6, 6.07) is 4.15. The Morgan fingerprint density at radius 1 is 1.32 bits per heavy atom. The molecule has 8 heteroatoms. The van der Waals surface area contributed by atoms with Gasteiger partial charge in [0.05, 0.1) is 16.0 Å². The first kappa shape index (κ1) is 18.3. The van der Waals surface area contributed by atoms with Crippen LogP contribution in [0, 0.1) is 19.8 Å². The lowest BCUT2D eigenvalue weighted by molar-refractivity contribution is -0.120. The van der Waals surface area contributed by atoms with E-state index in [1.54, 1.807) is 6.92 Å². The largest absolute Gasteiger partial charge is 0.302 e. The van der Waals surface area contributed by atoms with Gasteiger partial charge in [0.25, 0.3) is 0 Å². The molecule has 1 aromatic heterocycles. The van der Waals surface area contributed by atoms with E-state index in [0.29, 0.717) is 31.1 Å². The number of piperidine rings is 1. The number of aromatic nitrogens is 1. The Morgan fingerprint density at radius 3 is 2.64 bits per heavy atom. The molecule has 3 rings (SSSR count). The number of thiazole rings is 1. The Balaban J connectivity index is 1.66. The maximum absolute atomic E-state index is 12.5. The number of carbonyl (C=O) groups excluding carboxylic acids is 1. The number of anilines is 1. The molecule has 0 atom stereocenters. The quantitative estimate of drug-likeness (QED) is 0.883. The molecule has 0 aliphatic carbocycles. The molecule has 0 radical (unpaired) electrons. The minimum absolute atomic E-state index is 0.0676. The Hall–Kier alpha value is -1.51. The number of hydrogen-bond acceptors (Lipinski definition) is 5. The minimum atomic E-state index is -3.16. The summed E-state index contributed by atoms with van der Waals surface area (Å²) in [7, 11) is -3.16. The normalized spacial score (nSPS) is 17.1. The van der Waals surface area contributed by atoms with Gasteiger partial charge in [-0.3, -0.25) is 4.79 Å². The van der Waals surface area contributed by atoms with Gasteiger partial charge in [-0.1, -0.05) is 17.4 Å². The zero-order valence-electron chi connectivity index (χ0n) is 14.7. The number of nitrogens with one attached hydrogen (secondary N) is 1. The van der Waals surface area contributed by atoms with Gasteiger partial charge in [0.1, 0.15) is 0 Å². The number of rotatable bonds is 4. The second-order valence-electron chi connectivity index (χ2n) is 6.51. The second-order valence-corrected chi connectivity index (χ2v) is 9.80. The second kappa shape index (κ2) is 7.01. The third-order valence-corrected chi connectivity index (χ3v) is 7.44. The van der Waals surface area contributed by atoms with E-state index in [9.17, 15) is 13.2 Å². The van der Waals surface area contributed by atoms with Crippen molar-refractivity contribution in [3.8, 4) is 0 Å². The van der Waals surface area contributed by atoms with Gasteiger partial charge in [0.15, 0.2) is 5.13 Å². The van der Waals surface area contributed by atoms with E-state index < -0.39 is 10.0 Å². The summed E-state index contributed by atoms with van der Waals surface area (Å²) < 4.78 is 26.3. The van der Waals surface area contributed by atoms with Crippen LogP contribution in [0.25, 0.3) is 10.2 Å². The summed E-state index contributed by atoms with van der Waals surface area (Å²) >= 11 is 1.48. The highest BCUT2D eigenvalue weighted by Gasteiger charge is 2.30. The number of fused-ring (bicyclic) bond motifs is 1. The molecule has 6 nitrogen and oxygen atoms in total. The van der Waals surface area contributed by atoms with Crippen LogP contribution in [0.4, 0.5) is 5.13 Å². The summed E-state index contributed by atoms with van der Waals surface area (Å²) in [5.74, 6) is -0.131. The molecule has 1 N–H and O–H groups in total. The van der Waals surface area contributed by atoms with Gasteiger partial charge in [-0.15, -0.1) is 0 Å². The third-order valence-electron chi connectivity index (χ3n) is 4.64. The smallest absolute Gasteiger partial charge is 0.229 e. The van der Waals surface area contributed by atoms with Crippen molar-refractivity contribution in [1.29, 1.82) is 0 Å². The van der Waals surface area contributed by atoms with Crippen molar-refractivity contribution >= 4 is 42.6 Å². The Morgan fingerprint density at radius 2 is 2.00 bits per heavy atom. The molecule has 0 bridgehead atoms. The highest BCUT2D eigenvalue weighted by atomic mass is 32.2. The highest BCUT2D eigenvalue weighted by molar-refractivity contribution is 7.89. The minimum Gasteiger partial charge on any atom is -0.302 e. The summed E-state index contributed by atoms with van der Waals surface area (Å²) in [4.78, 5) is 17.0. The Bertz CT molecular complexity index is 897. The molecule has 1 saturated heterocycles. The molecule has 0 unspecified atom stereocenters. The van der Waals surface area contributed by atoms with Gasteiger partial charge >= 0.3 is 0 Å². The Labute approximate surface area is 152 Å². The van der Waals surface area contributed by atoms with Crippen molar-refractivity contribution in [3.63, 3.8) is 0 Å². The molecule has 1 amide bonds. The fourth-order valence-electron chi connectivity index (χ4n) is 3.21. The van der Waals surface area contributed by atoms with Crippen molar-refractivity contribution in [2.45, 2.75) is 33.6 Å². The van der Waals surface area contributed by atoms with Crippen LogP contribution >= 0.6 is 11.3 Å². The van der Waals surface area contributed by atoms with Crippen LogP contribution in [-0.4, -0.2) is 42.5 Å². The zero-order chi connectivity index (χ0) is 18.2. The number of aryl methyl sites for hydroxylation is 2. The van der Waals surface area contributed by atoms with Crippen molar-refractivity contribution < 1.29 is 13.2 Å². The first-order valence-corrected chi connectivity index (χ1v) is 10.9. The molecular formula is C17H23N3O3S2. The van der Waals surface area contributed by atoms with Crippen LogP contribution in [0.5, 0.6) is 0 Å². The lowest BCUT2D eigenvalue weighted by Crippen LogP contribution is -2.42. The van der Waals surface area contributed by atoms with E-state index >= 15 is 0 Å². The van der Waals surface area contributed by atoms with Crippen LogP contribution in [0.1, 0.15) is 30.9 Å². The van der Waals surface area contributed by atoms with Gasteiger partial charge in [0.2, 0.25) is 15.9 Å². The number of carbonyl (C=O) groups is 1. The predicted octanol–water partition coefficient (Wildman–Crippen LogP) is 2.91. The lowest BCUT2D eigenvalue weighted by atomic mass is 9.97. The summed E-state index contributed by atoms with van der Waals surface area (Å²) in [6.07, 6.45) is 1.10. The number of sulfonamides is 1. The van der Waals surface area contributed by atoms with Crippen molar-refractivity contribution in [2.75, 3.05) is 24.2 Å². The maximum atomic E-state index is 12.5. The van der Waals surface area contributed by atoms with E-state index in [2.05, 4.69) is 22.4 Å². The van der Waals surface area contributed by atoms with Crippen molar-refractivity contribution in [3.05, 3.63) is 23.3 Å². The summed E-state index contributed by atoms with van der Waals surface area (Å²) in [6.45, 7) is 6.52. The maximum Gasteiger partial charge on any atom is 0.229 e. The topological polar surface area (TPSA) is 79.4 Å². The molecule has 0 spiro atoms. The number of amides is 1. The average Bonchev–Trinajstić information content (AvgIpc) is 2.97. The van der Waals surface area contributed by atoms with Crippen LogP contribution in [-0.2, 0) is 14.8 Å². The molecule has 1 aliphatic heterocycles. The van der Waals surface area contributed by atoms with Crippen LogP contribution < -0.4 is 5.32 Å². The van der Waals surface area contributed by atoms with Gasteiger partial charge in [-0.25, -0.2) is 17.7 Å². The molecule has 25 heavy (non-hydrogen) atoms. The zero-order valence-corrected chi connectivity index (χ0v) is 16.3. The summed E-state index contributed by atoms with van der Waals surface area (Å²) in [5.41, 5.74) is 3.20.